The van der Waals surface area contributed by atoms with Gasteiger partial charge in [-0.3, -0.25) is 9.59 Å². The van der Waals surface area contributed by atoms with Gasteiger partial charge >= 0.3 is 0 Å². The van der Waals surface area contributed by atoms with Crippen molar-refractivity contribution in [3.05, 3.63) is 24.2 Å². The third-order valence-corrected chi connectivity index (χ3v) is 3.87. The second-order valence-corrected chi connectivity index (χ2v) is 5.42. The molecule has 116 valence electrons. The molecule has 21 heavy (non-hydrogen) atoms. The Kier molecular flexibility index (Phi) is 5.38. The minimum atomic E-state index is -0.402. The number of nitrogens with zero attached hydrogens (tertiary/aromatic N) is 1. The van der Waals surface area contributed by atoms with Gasteiger partial charge in [0.15, 0.2) is 5.76 Å². The zero-order valence-corrected chi connectivity index (χ0v) is 12.6. The topological polar surface area (TPSA) is 74.6 Å². The summed E-state index contributed by atoms with van der Waals surface area (Å²) in [4.78, 5) is 26.4. The Morgan fingerprint density at radius 3 is 2.95 bits per heavy atom. The summed E-state index contributed by atoms with van der Waals surface area (Å²) >= 11 is 0. The summed E-state index contributed by atoms with van der Waals surface area (Å²) in [7, 11) is 1.85. The summed E-state index contributed by atoms with van der Waals surface area (Å²) in [6.07, 6.45) is 4.05. The molecule has 0 radical (unpaired) electrons. The minimum Gasteiger partial charge on any atom is -0.459 e. The first kappa shape index (κ1) is 15.6. The molecule has 2 rings (SSSR count). The van der Waals surface area contributed by atoms with Crippen molar-refractivity contribution in [3.8, 4) is 0 Å². The number of likely N-dealkylation sites (tertiary alicyclic amines) is 1. The highest BCUT2D eigenvalue weighted by atomic mass is 16.3. The lowest BCUT2D eigenvalue weighted by molar-refractivity contribution is -0.126. The number of furan rings is 1. The first-order chi connectivity index (χ1) is 10.1. The first-order valence-electron chi connectivity index (χ1n) is 7.43. The molecule has 2 unspecified atom stereocenters. The van der Waals surface area contributed by atoms with Crippen molar-refractivity contribution in [1.29, 1.82) is 0 Å². The average molecular weight is 293 g/mol. The van der Waals surface area contributed by atoms with Crippen LogP contribution in [0.2, 0.25) is 0 Å². The Labute approximate surface area is 124 Å². The van der Waals surface area contributed by atoms with E-state index in [-0.39, 0.29) is 17.9 Å². The number of amides is 2. The lowest BCUT2D eigenvalue weighted by Gasteiger charge is -2.34. The summed E-state index contributed by atoms with van der Waals surface area (Å²) in [5.41, 5.74) is 0. The fourth-order valence-electron chi connectivity index (χ4n) is 2.46. The minimum absolute atomic E-state index is 0.0864. The number of hydrogen-bond donors (Lipinski definition) is 2. The van der Waals surface area contributed by atoms with Gasteiger partial charge < -0.3 is 20.0 Å². The molecule has 0 bridgehead atoms. The van der Waals surface area contributed by atoms with Crippen molar-refractivity contribution in [2.75, 3.05) is 20.1 Å². The van der Waals surface area contributed by atoms with Crippen LogP contribution in [-0.2, 0) is 4.79 Å². The highest BCUT2D eigenvalue weighted by Gasteiger charge is 2.33. The van der Waals surface area contributed by atoms with Gasteiger partial charge in [0.2, 0.25) is 5.91 Å². The second kappa shape index (κ2) is 7.26. The van der Waals surface area contributed by atoms with Gasteiger partial charge in [0.25, 0.3) is 5.91 Å². The van der Waals surface area contributed by atoms with Crippen LogP contribution < -0.4 is 10.6 Å². The van der Waals surface area contributed by atoms with Crippen molar-refractivity contribution in [2.24, 2.45) is 0 Å². The normalized spacial score (nSPS) is 20.1. The molecule has 2 heterocycles. The van der Waals surface area contributed by atoms with Crippen molar-refractivity contribution in [1.82, 2.24) is 15.5 Å². The lowest BCUT2D eigenvalue weighted by Crippen LogP contribution is -2.53. The molecule has 0 aliphatic carbocycles. The molecule has 0 aromatic carbocycles. The monoisotopic (exact) mass is 293 g/mol. The van der Waals surface area contributed by atoms with E-state index in [1.807, 2.05) is 14.0 Å². The van der Waals surface area contributed by atoms with Crippen molar-refractivity contribution < 1.29 is 14.0 Å². The Bertz CT molecular complexity index is 473. The molecular formula is C15H23N3O3. The van der Waals surface area contributed by atoms with E-state index in [4.69, 9.17) is 4.42 Å². The largest absolute Gasteiger partial charge is 0.459 e. The van der Waals surface area contributed by atoms with E-state index in [1.165, 1.54) is 6.26 Å². The number of rotatable bonds is 5. The molecule has 2 N–H and O–H groups in total. The summed E-state index contributed by atoms with van der Waals surface area (Å²) < 4.78 is 5.16. The van der Waals surface area contributed by atoms with Crippen molar-refractivity contribution in [2.45, 2.75) is 38.3 Å². The average Bonchev–Trinajstić information content (AvgIpc) is 3.05. The van der Waals surface area contributed by atoms with Gasteiger partial charge in [0, 0.05) is 19.1 Å². The van der Waals surface area contributed by atoms with Crippen molar-refractivity contribution >= 4 is 11.8 Å². The summed E-state index contributed by atoms with van der Waals surface area (Å²) in [5.74, 6) is -0.00323. The molecule has 1 aliphatic rings. The lowest BCUT2D eigenvalue weighted by atomic mass is 10.0. The van der Waals surface area contributed by atoms with Crippen LogP contribution in [-0.4, -0.2) is 48.9 Å². The quantitative estimate of drug-likeness (QED) is 0.849. The van der Waals surface area contributed by atoms with Gasteiger partial charge in [0.1, 0.15) is 6.04 Å². The number of likely N-dealkylation sites (N-methyl/N-ethyl adjacent to an activating group) is 1. The zero-order chi connectivity index (χ0) is 15.2. The maximum Gasteiger partial charge on any atom is 0.290 e. The zero-order valence-electron chi connectivity index (χ0n) is 12.6. The number of carbonyl (C=O) groups is 2. The highest BCUT2D eigenvalue weighted by Crippen LogP contribution is 2.20. The third-order valence-electron chi connectivity index (χ3n) is 3.87. The van der Waals surface area contributed by atoms with Crippen LogP contribution in [0.1, 0.15) is 36.7 Å². The number of nitrogens with one attached hydrogen (secondary N) is 2. The molecule has 0 spiro atoms. The maximum atomic E-state index is 12.4. The van der Waals surface area contributed by atoms with Crippen LogP contribution in [0.15, 0.2) is 22.8 Å². The Hall–Kier alpha value is -1.82. The molecule has 0 saturated carbocycles. The smallest absolute Gasteiger partial charge is 0.290 e. The van der Waals surface area contributed by atoms with Gasteiger partial charge in [-0.25, -0.2) is 0 Å². The molecule has 2 amide bonds. The third kappa shape index (κ3) is 3.85. The van der Waals surface area contributed by atoms with Crippen molar-refractivity contribution in [3.63, 3.8) is 0 Å². The summed E-state index contributed by atoms with van der Waals surface area (Å²) in [6, 6.07) is 3.11. The Morgan fingerprint density at radius 1 is 1.48 bits per heavy atom. The highest BCUT2D eigenvalue weighted by molar-refractivity contribution is 5.95. The summed E-state index contributed by atoms with van der Waals surface area (Å²) in [5, 5.41) is 5.98. The first-order valence-corrected chi connectivity index (χ1v) is 7.43. The van der Waals surface area contributed by atoms with Crippen LogP contribution in [0.5, 0.6) is 0 Å². The van der Waals surface area contributed by atoms with E-state index in [9.17, 15) is 9.59 Å². The maximum absolute atomic E-state index is 12.4. The Balaban J connectivity index is 2.01. The van der Waals surface area contributed by atoms with Crippen LogP contribution in [0.4, 0.5) is 0 Å². The van der Waals surface area contributed by atoms with Gasteiger partial charge in [0.05, 0.1) is 6.26 Å². The van der Waals surface area contributed by atoms with Gasteiger partial charge in [-0.1, -0.05) is 0 Å². The fraction of sp³-hybridized carbons (Fsp3) is 0.600. The molecule has 1 aliphatic heterocycles. The standard InChI is InChI=1S/C15H23N3O3/c1-11(16-2)10-17-14(19)12-6-3-4-8-18(12)15(20)13-7-5-9-21-13/h5,7,9,11-12,16H,3-4,6,8,10H2,1-2H3,(H,17,19). The van der Waals surface area contributed by atoms with E-state index < -0.39 is 6.04 Å². The van der Waals surface area contributed by atoms with Crippen LogP contribution in [0.3, 0.4) is 0 Å². The van der Waals surface area contributed by atoms with E-state index in [1.54, 1.807) is 17.0 Å². The van der Waals surface area contributed by atoms with E-state index in [2.05, 4.69) is 10.6 Å². The van der Waals surface area contributed by atoms with E-state index in [0.29, 0.717) is 25.3 Å². The molecule has 1 saturated heterocycles. The molecule has 1 fully saturated rings. The number of carbonyl (C=O) groups excluding carboxylic acids is 2. The molecule has 2 atom stereocenters. The molecular weight excluding hydrogens is 270 g/mol. The van der Waals surface area contributed by atoms with Crippen LogP contribution in [0, 0.1) is 0 Å². The predicted molar refractivity (Wildman–Crippen MR) is 78.9 cm³/mol. The fourth-order valence-corrected chi connectivity index (χ4v) is 2.46. The number of piperidine rings is 1. The van der Waals surface area contributed by atoms with E-state index in [0.717, 1.165) is 12.8 Å². The predicted octanol–water partition coefficient (Wildman–Crippen LogP) is 0.998. The van der Waals surface area contributed by atoms with Gasteiger partial charge in [-0.15, -0.1) is 0 Å². The SMILES string of the molecule is CNC(C)CNC(=O)C1CCCCN1C(=O)c1ccco1. The summed E-state index contributed by atoms with van der Waals surface area (Å²) in [6.45, 7) is 3.14. The second-order valence-electron chi connectivity index (χ2n) is 5.42. The number of hydrogen-bond acceptors (Lipinski definition) is 4. The molecule has 1 aromatic rings. The molecule has 1 aromatic heterocycles. The van der Waals surface area contributed by atoms with Gasteiger partial charge in [-0.2, -0.15) is 0 Å². The van der Waals surface area contributed by atoms with Crippen LogP contribution >= 0.6 is 0 Å². The Morgan fingerprint density at radius 2 is 2.29 bits per heavy atom. The van der Waals surface area contributed by atoms with Crippen LogP contribution in [0.25, 0.3) is 0 Å². The molecule has 6 heteroatoms. The van der Waals surface area contributed by atoms with E-state index >= 15 is 0 Å². The molecule has 6 nitrogen and oxygen atoms in total. The van der Waals surface area contributed by atoms with Gasteiger partial charge in [-0.05, 0) is 45.4 Å².